The molecule has 2 bridgehead atoms. The summed E-state index contributed by atoms with van der Waals surface area (Å²) in [5.41, 5.74) is 0.846. The van der Waals surface area contributed by atoms with Gasteiger partial charge in [0.1, 0.15) is 11.6 Å². The van der Waals surface area contributed by atoms with Gasteiger partial charge in [-0.3, -0.25) is 9.80 Å². The lowest BCUT2D eigenvalue weighted by atomic mass is 9.75. The van der Waals surface area contributed by atoms with Crippen LogP contribution in [-0.4, -0.2) is 48.1 Å². The molecule has 4 aliphatic heterocycles. The largest absolute Gasteiger partial charge is 0.298 e. The first-order valence-electron chi connectivity index (χ1n) is 8.61. The summed E-state index contributed by atoms with van der Waals surface area (Å²) < 4.78 is 27.3. The molecule has 1 aromatic rings. The van der Waals surface area contributed by atoms with Gasteiger partial charge >= 0.3 is 0 Å². The first-order valence-corrected chi connectivity index (χ1v) is 8.61. The lowest BCUT2D eigenvalue weighted by molar-refractivity contribution is -0.00643. The quantitative estimate of drug-likeness (QED) is 0.846. The standard InChI is InChI=1S/C18H24F2N2/c1-2-5-22-11-16(13-8-14(19)10-15(20)9-13)18-17(22)12-3-6-21(18)7-4-12/h8-10,12,16-18H,2-7,11H2,1H3/t16-,17+,18+/m0/s1. The molecule has 22 heavy (non-hydrogen) atoms. The topological polar surface area (TPSA) is 6.48 Å². The van der Waals surface area contributed by atoms with Crippen molar-refractivity contribution in [3.63, 3.8) is 0 Å². The van der Waals surface area contributed by atoms with Crippen LogP contribution >= 0.6 is 0 Å². The molecule has 5 rings (SSSR count). The molecule has 4 heterocycles. The summed E-state index contributed by atoms with van der Waals surface area (Å²) >= 11 is 0. The van der Waals surface area contributed by atoms with Crippen molar-refractivity contribution in [1.29, 1.82) is 0 Å². The highest BCUT2D eigenvalue weighted by Gasteiger charge is 2.52. The zero-order valence-electron chi connectivity index (χ0n) is 13.1. The summed E-state index contributed by atoms with van der Waals surface area (Å²) in [7, 11) is 0. The molecule has 4 saturated heterocycles. The van der Waals surface area contributed by atoms with Crippen molar-refractivity contribution < 1.29 is 8.78 Å². The number of nitrogens with zero attached hydrogens (tertiary/aromatic N) is 2. The van der Waals surface area contributed by atoms with Crippen molar-refractivity contribution in [3.8, 4) is 0 Å². The van der Waals surface area contributed by atoms with Crippen molar-refractivity contribution in [2.24, 2.45) is 5.92 Å². The van der Waals surface area contributed by atoms with Crippen LogP contribution in [0.2, 0.25) is 0 Å². The molecular weight excluding hydrogens is 282 g/mol. The number of hydrogen-bond donors (Lipinski definition) is 0. The highest BCUT2D eigenvalue weighted by molar-refractivity contribution is 5.28. The van der Waals surface area contributed by atoms with Gasteiger partial charge in [-0.2, -0.15) is 0 Å². The van der Waals surface area contributed by atoms with E-state index >= 15 is 0 Å². The van der Waals surface area contributed by atoms with Gasteiger partial charge in [-0.05, 0) is 62.5 Å². The Kier molecular flexibility index (Phi) is 3.69. The predicted octanol–water partition coefficient (Wildman–Crippen LogP) is 3.24. The molecule has 2 nitrogen and oxygen atoms in total. The van der Waals surface area contributed by atoms with E-state index in [1.54, 1.807) is 12.1 Å². The molecule has 1 aromatic carbocycles. The average Bonchev–Trinajstić information content (AvgIpc) is 2.90. The molecule has 0 aromatic heterocycles. The van der Waals surface area contributed by atoms with Gasteiger partial charge in [0.25, 0.3) is 0 Å². The van der Waals surface area contributed by atoms with Crippen LogP contribution in [0.1, 0.15) is 37.7 Å². The van der Waals surface area contributed by atoms with Gasteiger partial charge in [0.2, 0.25) is 0 Å². The number of likely N-dealkylation sites (tertiary alicyclic amines) is 1. The number of halogens is 2. The molecule has 0 radical (unpaired) electrons. The van der Waals surface area contributed by atoms with Crippen LogP contribution in [0.25, 0.3) is 0 Å². The molecule has 3 atom stereocenters. The Balaban J connectivity index is 1.70. The van der Waals surface area contributed by atoms with Crippen LogP contribution in [-0.2, 0) is 0 Å². The van der Waals surface area contributed by atoms with Crippen molar-refractivity contribution in [3.05, 3.63) is 35.4 Å². The second kappa shape index (κ2) is 5.57. The lowest BCUT2D eigenvalue weighted by Gasteiger charge is -2.51. The summed E-state index contributed by atoms with van der Waals surface area (Å²) in [6.07, 6.45) is 3.71. The van der Waals surface area contributed by atoms with E-state index in [2.05, 4.69) is 16.7 Å². The van der Waals surface area contributed by atoms with Gasteiger partial charge < -0.3 is 0 Å². The van der Waals surface area contributed by atoms with Crippen LogP contribution in [0, 0.1) is 17.6 Å². The Morgan fingerprint density at radius 1 is 1.05 bits per heavy atom. The van der Waals surface area contributed by atoms with Crippen LogP contribution in [0.15, 0.2) is 18.2 Å². The zero-order valence-corrected chi connectivity index (χ0v) is 13.1. The number of piperidine rings is 3. The molecule has 4 heteroatoms. The van der Waals surface area contributed by atoms with Gasteiger partial charge in [0, 0.05) is 30.6 Å². The summed E-state index contributed by atoms with van der Waals surface area (Å²) in [5, 5.41) is 0. The van der Waals surface area contributed by atoms with Gasteiger partial charge in [0.05, 0.1) is 0 Å². The minimum atomic E-state index is -0.448. The Labute approximate surface area is 131 Å². The second-order valence-corrected chi connectivity index (χ2v) is 7.16. The number of benzene rings is 1. The van der Waals surface area contributed by atoms with E-state index in [0.717, 1.165) is 50.1 Å². The monoisotopic (exact) mass is 306 g/mol. The molecule has 120 valence electrons. The van der Waals surface area contributed by atoms with E-state index in [4.69, 9.17) is 0 Å². The SMILES string of the molecule is CCCN1C[C@@H](c2cc(F)cc(F)c2)[C@@H]2[C@H]1C1CCN2CC1. The summed E-state index contributed by atoms with van der Waals surface area (Å²) in [4.78, 5) is 5.17. The maximum atomic E-state index is 13.7. The minimum absolute atomic E-state index is 0.241. The van der Waals surface area contributed by atoms with E-state index < -0.39 is 11.6 Å². The zero-order chi connectivity index (χ0) is 15.3. The molecule has 4 aliphatic rings. The molecular formula is C18H24F2N2. The highest BCUT2D eigenvalue weighted by Crippen LogP contribution is 2.46. The van der Waals surface area contributed by atoms with Crippen molar-refractivity contribution in [2.45, 2.75) is 44.2 Å². The maximum Gasteiger partial charge on any atom is 0.126 e. The molecule has 0 unspecified atom stereocenters. The van der Waals surface area contributed by atoms with Gasteiger partial charge in [-0.25, -0.2) is 8.78 Å². The van der Waals surface area contributed by atoms with Crippen LogP contribution in [0.5, 0.6) is 0 Å². The third-order valence-corrected chi connectivity index (χ3v) is 5.92. The average molecular weight is 306 g/mol. The first-order chi connectivity index (χ1) is 10.7. The Morgan fingerprint density at radius 2 is 1.73 bits per heavy atom. The highest BCUT2D eigenvalue weighted by atomic mass is 19.1. The Bertz CT molecular complexity index is 534. The molecule has 0 saturated carbocycles. The van der Waals surface area contributed by atoms with E-state index in [0.29, 0.717) is 12.1 Å². The Hall–Kier alpha value is -1.00. The molecule has 0 amide bonds. The minimum Gasteiger partial charge on any atom is -0.298 e. The van der Waals surface area contributed by atoms with Gasteiger partial charge in [-0.15, -0.1) is 0 Å². The first kappa shape index (κ1) is 14.6. The van der Waals surface area contributed by atoms with E-state index in [1.807, 2.05) is 0 Å². The smallest absolute Gasteiger partial charge is 0.126 e. The van der Waals surface area contributed by atoms with Crippen LogP contribution in [0.4, 0.5) is 8.78 Å². The normalized spacial score (nSPS) is 37.5. The molecule has 0 spiro atoms. The third kappa shape index (κ3) is 2.28. The van der Waals surface area contributed by atoms with Crippen molar-refractivity contribution in [1.82, 2.24) is 9.80 Å². The fourth-order valence-electron chi connectivity index (χ4n) is 5.16. The van der Waals surface area contributed by atoms with E-state index in [-0.39, 0.29) is 5.92 Å². The fraction of sp³-hybridized carbons (Fsp3) is 0.667. The second-order valence-electron chi connectivity index (χ2n) is 7.16. The fourth-order valence-corrected chi connectivity index (χ4v) is 5.16. The number of fused-ring (bicyclic) bond motifs is 2. The van der Waals surface area contributed by atoms with Crippen LogP contribution < -0.4 is 0 Å². The predicted molar refractivity (Wildman–Crippen MR) is 82.8 cm³/mol. The number of hydrogen-bond acceptors (Lipinski definition) is 2. The van der Waals surface area contributed by atoms with E-state index in [1.165, 1.54) is 12.8 Å². The summed E-state index contributed by atoms with van der Waals surface area (Å²) in [5.74, 6) is 0.114. The van der Waals surface area contributed by atoms with Crippen molar-refractivity contribution >= 4 is 0 Å². The van der Waals surface area contributed by atoms with Gasteiger partial charge in [-0.1, -0.05) is 6.92 Å². The summed E-state index contributed by atoms with van der Waals surface area (Å²) in [6, 6.07) is 5.10. The number of rotatable bonds is 3. The van der Waals surface area contributed by atoms with Crippen molar-refractivity contribution in [2.75, 3.05) is 26.2 Å². The lowest BCUT2D eigenvalue weighted by Crippen LogP contribution is -2.60. The molecule has 0 aliphatic carbocycles. The third-order valence-electron chi connectivity index (χ3n) is 5.92. The molecule has 0 N–H and O–H groups in total. The maximum absolute atomic E-state index is 13.7. The summed E-state index contributed by atoms with van der Waals surface area (Å²) in [6.45, 7) is 6.56. The molecule has 4 fully saturated rings. The van der Waals surface area contributed by atoms with E-state index in [9.17, 15) is 8.78 Å². The van der Waals surface area contributed by atoms with Crippen LogP contribution in [0.3, 0.4) is 0 Å². The Morgan fingerprint density at radius 3 is 2.36 bits per heavy atom. The van der Waals surface area contributed by atoms with Gasteiger partial charge in [0.15, 0.2) is 0 Å².